The molecule has 1 aromatic carbocycles. The van der Waals surface area contributed by atoms with E-state index >= 15 is 0 Å². The molecule has 3 rings (SSSR count). The van der Waals surface area contributed by atoms with Crippen LogP contribution in [-0.4, -0.2) is 52.8 Å². The third kappa shape index (κ3) is 3.71. The maximum absolute atomic E-state index is 4.25. The van der Waals surface area contributed by atoms with E-state index in [1.54, 1.807) is 0 Å². The second-order valence-electron chi connectivity index (χ2n) is 6.14. The van der Waals surface area contributed by atoms with Crippen LogP contribution in [0.25, 0.3) is 0 Å². The van der Waals surface area contributed by atoms with E-state index in [0.717, 1.165) is 13.1 Å². The molecule has 0 bridgehead atoms. The summed E-state index contributed by atoms with van der Waals surface area (Å²) in [5.41, 5.74) is 2.68. The van der Waals surface area contributed by atoms with E-state index in [9.17, 15) is 0 Å². The van der Waals surface area contributed by atoms with Crippen LogP contribution in [0.4, 0.5) is 0 Å². The molecule has 2 aromatic rings. The van der Waals surface area contributed by atoms with Crippen LogP contribution in [0.2, 0.25) is 0 Å². The molecule has 1 fully saturated rings. The van der Waals surface area contributed by atoms with Gasteiger partial charge in [-0.25, -0.2) is 0 Å². The van der Waals surface area contributed by atoms with Crippen molar-refractivity contribution < 1.29 is 0 Å². The number of benzene rings is 1. The van der Waals surface area contributed by atoms with Crippen LogP contribution in [0, 0.1) is 0 Å². The van der Waals surface area contributed by atoms with E-state index in [0.29, 0.717) is 6.04 Å². The molecule has 1 aliphatic rings. The van der Waals surface area contributed by atoms with Crippen molar-refractivity contribution in [1.82, 2.24) is 19.6 Å². The van der Waals surface area contributed by atoms with Gasteiger partial charge in [0.05, 0.1) is 6.54 Å². The zero-order valence-electron chi connectivity index (χ0n) is 12.9. The summed E-state index contributed by atoms with van der Waals surface area (Å²) in [4.78, 5) is 4.89. The van der Waals surface area contributed by atoms with E-state index < -0.39 is 0 Å². The van der Waals surface area contributed by atoms with Gasteiger partial charge in [0, 0.05) is 31.5 Å². The predicted molar refractivity (Wildman–Crippen MR) is 85.1 cm³/mol. The number of rotatable bonds is 5. The van der Waals surface area contributed by atoms with Crippen molar-refractivity contribution >= 4 is 0 Å². The van der Waals surface area contributed by atoms with Gasteiger partial charge in [0.15, 0.2) is 0 Å². The lowest BCUT2D eigenvalue weighted by Crippen LogP contribution is -2.33. The van der Waals surface area contributed by atoms with E-state index in [-0.39, 0.29) is 0 Å². The van der Waals surface area contributed by atoms with Gasteiger partial charge in [0.1, 0.15) is 0 Å². The molecular formula is C17H24N4. The van der Waals surface area contributed by atoms with Gasteiger partial charge < -0.3 is 4.90 Å². The van der Waals surface area contributed by atoms with Gasteiger partial charge in [-0.05, 0) is 44.3 Å². The predicted octanol–water partition coefficient (Wildman–Crippen LogP) is 2.07. The summed E-state index contributed by atoms with van der Waals surface area (Å²) >= 11 is 0. The smallest absolute Gasteiger partial charge is 0.0659 e. The fourth-order valence-corrected chi connectivity index (χ4v) is 3.02. The Bertz CT molecular complexity index is 547. The first kappa shape index (κ1) is 14.3. The highest BCUT2D eigenvalue weighted by molar-refractivity contribution is 5.22. The zero-order valence-corrected chi connectivity index (χ0v) is 12.9. The molecule has 21 heavy (non-hydrogen) atoms. The molecule has 1 aliphatic heterocycles. The Hall–Kier alpha value is -1.65. The third-order valence-electron chi connectivity index (χ3n) is 4.35. The lowest BCUT2D eigenvalue weighted by molar-refractivity contribution is 0.234. The molecule has 4 heteroatoms. The van der Waals surface area contributed by atoms with E-state index in [2.05, 4.69) is 53.3 Å². The molecule has 0 aliphatic carbocycles. The van der Waals surface area contributed by atoms with Gasteiger partial charge in [0.25, 0.3) is 0 Å². The van der Waals surface area contributed by atoms with Crippen molar-refractivity contribution in [2.75, 3.05) is 27.2 Å². The Morgan fingerprint density at radius 1 is 1.24 bits per heavy atom. The molecule has 2 heterocycles. The molecule has 1 saturated heterocycles. The second-order valence-corrected chi connectivity index (χ2v) is 6.14. The molecule has 0 N–H and O–H groups in total. The van der Waals surface area contributed by atoms with Crippen LogP contribution in [-0.2, 0) is 13.1 Å². The van der Waals surface area contributed by atoms with Crippen molar-refractivity contribution in [3.8, 4) is 0 Å². The number of hydrogen-bond donors (Lipinski definition) is 0. The lowest BCUT2D eigenvalue weighted by Gasteiger charge is -2.24. The minimum atomic E-state index is 0.693. The highest BCUT2D eigenvalue weighted by Crippen LogP contribution is 2.16. The van der Waals surface area contributed by atoms with E-state index in [1.165, 1.54) is 30.6 Å². The second kappa shape index (κ2) is 6.41. The number of aromatic nitrogens is 2. The summed E-state index contributed by atoms with van der Waals surface area (Å²) in [6.45, 7) is 4.28. The quantitative estimate of drug-likeness (QED) is 0.840. The summed E-state index contributed by atoms with van der Waals surface area (Å²) < 4.78 is 1.95. The zero-order chi connectivity index (χ0) is 14.7. The Labute approximate surface area is 127 Å². The van der Waals surface area contributed by atoms with Gasteiger partial charge in [-0.3, -0.25) is 9.58 Å². The molecular weight excluding hydrogens is 260 g/mol. The largest absolute Gasteiger partial charge is 0.305 e. The Kier molecular flexibility index (Phi) is 4.36. The van der Waals surface area contributed by atoms with Crippen LogP contribution in [0.1, 0.15) is 17.5 Å². The summed E-state index contributed by atoms with van der Waals surface area (Å²) in [7, 11) is 4.44. The maximum atomic E-state index is 4.25. The van der Waals surface area contributed by atoms with Gasteiger partial charge in [-0.2, -0.15) is 5.10 Å². The van der Waals surface area contributed by atoms with Crippen LogP contribution >= 0.6 is 0 Å². The summed E-state index contributed by atoms with van der Waals surface area (Å²) in [5.74, 6) is 0. The lowest BCUT2D eigenvalue weighted by atomic mass is 10.1. The normalized spacial score (nSPS) is 19.5. The number of likely N-dealkylation sites (tertiary alicyclic amines) is 1. The minimum Gasteiger partial charge on any atom is -0.305 e. The molecule has 0 spiro atoms. The average molecular weight is 284 g/mol. The van der Waals surface area contributed by atoms with Gasteiger partial charge in [-0.1, -0.05) is 24.3 Å². The van der Waals surface area contributed by atoms with Crippen LogP contribution < -0.4 is 0 Å². The molecule has 0 saturated carbocycles. The van der Waals surface area contributed by atoms with Crippen LogP contribution in [0.5, 0.6) is 0 Å². The standard InChI is InChI=1S/C17H24N4/c1-19-11-8-17(14-19)20(2)12-15-4-6-16(7-5-15)13-21-10-3-9-18-21/h3-7,9-10,17H,8,11-14H2,1-2H3/t17-/m0/s1. The number of likely N-dealkylation sites (N-methyl/N-ethyl adjacent to an activating group) is 2. The van der Waals surface area contributed by atoms with Crippen molar-refractivity contribution in [3.05, 3.63) is 53.9 Å². The first-order chi connectivity index (χ1) is 10.2. The summed E-state index contributed by atoms with van der Waals surface area (Å²) in [6.07, 6.45) is 5.10. The molecule has 0 radical (unpaired) electrons. The topological polar surface area (TPSA) is 24.3 Å². The summed E-state index contributed by atoms with van der Waals surface area (Å²) in [6, 6.07) is 11.6. The van der Waals surface area contributed by atoms with Gasteiger partial charge in [-0.15, -0.1) is 0 Å². The molecule has 1 aromatic heterocycles. The number of nitrogens with zero attached hydrogens (tertiary/aromatic N) is 4. The summed E-state index contributed by atoms with van der Waals surface area (Å²) in [5, 5.41) is 4.25. The molecule has 0 unspecified atom stereocenters. The number of hydrogen-bond acceptors (Lipinski definition) is 3. The Morgan fingerprint density at radius 2 is 2.00 bits per heavy atom. The highest BCUT2D eigenvalue weighted by Gasteiger charge is 2.22. The fraction of sp³-hybridized carbons (Fsp3) is 0.471. The van der Waals surface area contributed by atoms with Crippen molar-refractivity contribution in [2.45, 2.75) is 25.6 Å². The van der Waals surface area contributed by atoms with E-state index in [1.807, 2.05) is 23.1 Å². The minimum absolute atomic E-state index is 0.693. The van der Waals surface area contributed by atoms with Crippen molar-refractivity contribution in [2.24, 2.45) is 0 Å². The fourth-order valence-electron chi connectivity index (χ4n) is 3.02. The van der Waals surface area contributed by atoms with Gasteiger partial charge in [0.2, 0.25) is 0 Å². The molecule has 0 amide bonds. The third-order valence-corrected chi connectivity index (χ3v) is 4.35. The maximum Gasteiger partial charge on any atom is 0.0659 e. The first-order valence-electron chi connectivity index (χ1n) is 7.65. The van der Waals surface area contributed by atoms with Crippen molar-refractivity contribution in [3.63, 3.8) is 0 Å². The SMILES string of the molecule is CN1CC[C@H](N(C)Cc2ccc(Cn3cccn3)cc2)C1. The van der Waals surface area contributed by atoms with Crippen molar-refractivity contribution in [1.29, 1.82) is 0 Å². The average Bonchev–Trinajstić information content (AvgIpc) is 3.12. The Balaban J connectivity index is 1.56. The van der Waals surface area contributed by atoms with Crippen LogP contribution in [0.15, 0.2) is 42.7 Å². The first-order valence-corrected chi connectivity index (χ1v) is 7.65. The van der Waals surface area contributed by atoms with Gasteiger partial charge >= 0.3 is 0 Å². The monoisotopic (exact) mass is 284 g/mol. The molecule has 4 nitrogen and oxygen atoms in total. The van der Waals surface area contributed by atoms with Crippen LogP contribution in [0.3, 0.4) is 0 Å². The molecule has 1 atom stereocenters. The highest BCUT2D eigenvalue weighted by atomic mass is 15.3. The van der Waals surface area contributed by atoms with E-state index in [4.69, 9.17) is 0 Å². The Morgan fingerprint density at radius 3 is 2.62 bits per heavy atom. The molecule has 112 valence electrons.